The van der Waals surface area contributed by atoms with Crippen molar-refractivity contribution in [3.63, 3.8) is 0 Å². The lowest BCUT2D eigenvalue weighted by Crippen LogP contribution is -1.93. The van der Waals surface area contributed by atoms with Gasteiger partial charge in [-0.05, 0) is 36.2 Å². The van der Waals surface area contributed by atoms with Gasteiger partial charge in [-0.3, -0.25) is 0 Å². The third-order valence-electron chi connectivity index (χ3n) is 3.27. The Balaban J connectivity index is 1.91. The van der Waals surface area contributed by atoms with E-state index in [-0.39, 0.29) is 5.75 Å². The lowest BCUT2D eigenvalue weighted by atomic mass is 10.1. The molecule has 0 aliphatic heterocycles. The van der Waals surface area contributed by atoms with Gasteiger partial charge in [0, 0.05) is 5.56 Å². The molecule has 3 aromatic rings. The topological polar surface area (TPSA) is 50.9 Å². The third kappa shape index (κ3) is 2.40. The molecule has 1 heterocycles. The number of hydrogen-bond donors (Lipinski definition) is 1. The molecule has 20 heavy (non-hydrogen) atoms. The summed E-state index contributed by atoms with van der Waals surface area (Å²) in [5.41, 5.74) is 4.05. The van der Waals surface area contributed by atoms with E-state index >= 15 is 0 Å². The van der Waals surface area contributed by atoms with E-state index in [1.54, 1.807) is 28.9 Å². The fourth-order valence-electron chi connectivity index (χ4n) is 2.04. The smallest absolute Gasteiger partial charge is 0.115 e. The fourth-order valence-corrected chi connectivity index (χ4v) is 2.04. The van der Waals surface area contributed by atoms with E-state index in [1.165, 1.54) is 5.56 Å². The monoisotopic (exact) mass is 265 g/mol. The van der Waals surface area contributed by atoms with Crippen LogP contribution >= 0.6 is 0 Å². The van der Waals surface area contributed by atoms with Crippen molar-refractivity contribution in [2.45, 2.75) is 13.3 Å². The number of aromatic nitrogens is 3. The zero-order valence-electron chi connectivity index (χ0n) is 11.2. The second kappa shape index (κ2) is 5.17. The van der Waals surface area contributed by atoms with Crippen molar-refractivity contribution in [2.75, 3.05) is 0 Å². The molecule has 0 atom stereocenters. The molecular formula is C16H15N3O. The minimum absolute atomic E-state index is 0.240. The number of aryl methyl sites for hydroxylation is 1. The quantitative estimate of drug-likeness (QED) is 0.791. The highest BCUT2D eigenvalue weighted by Gasteiger charge is 2.05. The van der Waals surface area contributed by atoms with Gasteiger partial charge in [0.2, 0.25) is 0 Å². The highest BCUT2D eigenvalue weighted by molar-refractivity contribution is 5.58. The van der Waals surface area contributed by atoms with Gasteiger partial charge in [0.25, 0.3) is 0 Å². The number of nitrogens with zero attached hydrogens (tertiary/aromatic N) is 3. The Bertz CT molecular complexity index is 699. The molecule has 2 aromatic carbocycles. The van der Waals surface area contributed by atoms with Gasteiger partial charge >= 0.3 is 0 Å². The first-order valence-corrected chi connectivity index (χ1v) is 6.57. The number of rotatable bonds is 3. The van der Waals surface area contributed by atoms with E-state index < -0.39 is 0 Å². The summed E-state index contributed by atoms with van der Waals surface area (Å²) in [6, 6.07) is 15.2. The maximum Gasteiger partial charge on any atom is 0.115 e. The normalized spacial score (nSPS) is 10.7. The van der Waals surface area contributed by atoms with E-state index in [0.717, 1.165) is 23.4 Å². The second-order valence-corrected chi connectivity index (χ2v) is 4.62. The molecule has 0 fully saturated rings. The molecule has 0 radical (unpaired) electrons. The molecule has 4 heteroatoms. The first-order valence-electron chi connectivity index (χ1n) is 6.57. The lowest BCUT2D eigenvalue weighted by molar-refractivity contribution is 0.475. The minimum atomic E-state index is 0.240. The minimum Gasteiger partial charge on any atom is -0.508 e. The maximum atomic E-state index is 9.29. The van der Waals surface area contributed by atoms with Crippen LogP contribution in [0.1, 0.15) is 12.5 Å². The van der Waals surface area contributed by atoms with E-state index in [9.17, 15) is 5.11 Å². The van der Waals surface area contributed by atoms with Crippen molar-refractivity contribution in [1.29, 1.82) is 0 Å². The maximum absolute atomic E-state index is 9.29. The van der Waals surface area contributed by atoms with E-state index in [0.29, 0.717) is 0 Å². The van der Waals surface area contributed by atoms with Crippen LogP contribution < -0.4 is 0 Å². The summed E-state index contributed by atoms with van der Waals surface area (Å²) in [4.78, 5) is 0. The van der Waals surface area contributed by atoms with Crippen LogP contribution in [0.4, 0.5) is 0 Å². The molecule has 0 saturated carbocycles. The highest BCUT2D eigenvalue weighted by Crippen LogP contribution is 2.19. The summed E-state index contributed by atoms with van der Waals surface area (Å²) in [6.07, 6.45) is 2.91. The van der Waals surface area contributed by atoms with Gasteiger partial charge in [-0.25, -0.2) is 4.68 Å². The van der Waals surface area contributed by atoms with Crippen LogP contribution in [0.25, 0.3) is 16.9 Å². The molecule has 0 saturated heterocycles. The Morgan fingerprint density at radius 1 is 1.00 bits per heavy atom. The van der Waals surface area contributed by atoms with Crippen molar-refractivity contribution in [2.24, 2.45) is 0 Å². The molecule has 0 aliphatic carbocycles. The number of hydrogen-bond acceptors (Lipinski definition) is 3. The Kier molecular flexibility index (Phi) is 3.21. The van der Waals surface area contributed by atoms with Gasteiger partial charge in [-0.2, -0.15) is 0 Å². The van der Waals surface area contributed by atoms with Crippen LogP contribution in [-0.4, -0.2) is 20.1 Å². The number of phenolic OH excluding ortho intramolecular Hbond substituents is 1. The molecular weight excluding hydrogens is 250 g/mol. The highest BCUT2D eigenvalue weighted by atomic mass is 16.3. The standard InChI is InChI=1S/C16H15N3O/c1-2-12-3-5-13(6-4-12)16-11-19(18-17-16)14-7-9-15(20)10-8-14/h3-11,20H,2H2,1H3. The average molecular weight is 265 g/mol. The zero-order valence-corrected chi connectivity index (χ0v) is 11.2. The lowest BCUT2D eigenvalue weighted by Gasteiger charge is -2.00. The molecule has 3 rings (SSSR count). The van der Waals surface area contributed by atoms with Crippen LogP contribution in [0, 0.1) is 0 Å². The molecule has 100 valence electrons. The molecule has 0 amide bonds. The van der Waals surface area contributed by atoms with Crippen molar-refractivity contribution in [3.05, 3.63) is 60.3 Å². The largest absolute Gasteiger partial charge is 0.508 e. The molecule has 0 bridgehead atoms. The van der Waals surface area contributed by atoms with Gasteiger partial charge in [-0.1, -0.05) is 36.4 Å². The third-order valence-corrected chi connectivity index (χ3v) is 3.27. The Labute approximate surface area is 117 Å². The van der Waals surface area contributed by atoms with Crippen LogP contribution in [-0.2, 0) is 6.42 Å². The summed E-state index contributed by atoms with van der Waals surface area (Å²) in [5.74, 6) is 0.240. The SMILES string of the molecule is CCc1ccc(-c2cn(-c3ccc(O)cc3)nn2)cc1. The Morgan fingerprint density at radius 3 is 2.35 bits per heavy atom. The van der Waals surface area contributed by atoms with Crippen molar-refractivity contribution >= 4 is 0 Å². The van der Waals surface area contributed by atoms with Crippen molar-refractivity contribution < 1.29 is 5.11 Å². The van der Waals surface area contributed by atoms with Gasteiger partial charge in [0.15, 0.2) is 0 Å². The van der Waals surface area contributed by atoms with Gasteiger partial charge in [0.1, 0.15) is 11.4 Å². The van der Waals surface area contributed by atoms with Crippen LogP contribution in [0.3, 0.4) is 0 Å². The molecule has 0 unspecified atom stereocenters. The molecule has 0 aliphatic rings. The summed E-state index contributed by atoms with van der Waals surface area (Å²) in [6.45, 7) is 2.14. The van der Waals surface area contributed by atoms with Gasteiger partial charge < -0.3 is 5.11 Å². The summed E-state index contributed by atoms with van der Waals surface area (Å²) < 4.78 is 1.70. The van der Waals surface area contributed by atoms with Crippen molar-refractivity contribution in [3.8, 4) is 22.7 Å². The first-order chi connectivity index (χ1) is 9.76. The second-order valence-electron chi connectivity index (χ2n) is 4.62. The Hall–Kier alpha value is -2.62. The summed E-state index contributed by atoms with van der Waals surface area (Å²) >= 11 is 0. The number of aromatic hydroxyl groups is 1. The zero-order chi connectivity index (χ0) is 13.9. The van der Waals surface area contributed by atoms with Gasteiger partial charge in [-0.15, -0.1) is 5.10 Å². The first kappa shape index (κ1) is 12.4. The fraction of sp³-hybridized carbons (Fsp3) is 0.125. The van der Waals surface area contributed by atoms with E-state index in [4.69, 9.17) is 0 Å². The summed E-state index contributed by atoms with van der Waals surface area (Å²) in [7, 11) is 0. The van der Waals surface area contributed by atoms with E-state index in [2.05, 4.69) is 41.5 Å². The van der Waals surface area contributed by atoms with Crippen molar-refractivity contribution in [1.82, 2.24) is 15.0 Å². The average Bonchev–Trinajstić information content (AvgIpc) is 2.98. The number of benzene rings is 2. The van der Waals surface area contributed by atoms with Crippen LogP contribution in [0.5, 0.6) is 5.75 Å². The number of phenols is 1. The predicted molar refractivity (Wildman–Crippen MR) is 77.8 cm³/mol. The van der Waals surface area contributed by atoms with Gasteiger partial charge in [0.05, 0.1) is 11.9 Å². The van der Waals surface area contributed by atoms with E-state index in [1.807, 2.05) is 6.20 Å². The molecule has 1 N–H and O–H groups in total. The predicted octanol–water partition coefficient (Wildman–Crippen LogP) is 3.20. The summed E-state index contributed by atoms with van der Waals surface area (Å²) in [5, 5.41) is 17.6. The molecule has 4 nitrogen and oxygen atoms in total. The molecule has 1 aromatic heterocycles. The Morgan fingerprint density at radius 2 is 1.70 bits per heavy atom. The molecule has 0 spiro atoms. The van der Waals surface area contributed by atoms with Crippen LogP contribution in [0.2, 0.25) is 0 Å². The van der Waals surface area contributed by atoms with Crippen LogP contribution in [0.15, 0.2) is 54.7 Å².